The summed E-state index contributed by atoms with van der Waals surface area (Å²) in [5, 5.41) is 11.7. The molecule has 0 bridgehead atoms. The third-order valence-electron chi connectivity index (χ3n) is 5.14. The van der Waals surface area contributed by atoms with Crippen LogP contribution in [0.5, 0.6) is 0 Å². The van der Waals surface area contributed by atoms with Gasteiger partial charge in [0.2, 0.25) is 0 Å². The van der Waals surface area contributed by atoms with Crippen LogP contribution in [0.2, 0.25) is 5.02 Å². The summed E-state index contributed by atoms with van der Waals surface area (Å²) < 4.78 is 0. The van der Waals surface area contributed by atoms with Gasteiger partial charge in [0.1, 0.15) is 0 Å². The number of aliphatic hydroxyl groups is 1. The number of hydrogen-bond acceptors (Lipinski definition) is 2. The number of hydrogen-bond donors (Lipinski definition) is 1. The lowest BCUT2D eigenvalue weighted by Gasteiger charge is -2.42. The van der Waals surface area contributed by atoms with Crippen LogP contribution in [0, 0.1) is 0 Å². The van der Waals surface area contributed by atoms with Crippen LogP contribution in [0.25, 0.3) is 0 Å². The molecule has 1 saturated carbocycles. The van der Waals surface area contributed by atoms with Gasteiger partial charge in [0.25, 0.3) is 0 Å². The molecule has 1 aliphatic carbocycles. The number of rotatable bonds is 4. The van der Waals surface area contributed by atoms with E-state index in [1.165, 1.54) is 25.7 Å². The summed E-state index contributed by atoms with van der Waals surface area (Å²) in [7, 11) is 0. The Morgan fingerprint density at radius 3 is 2.50 bits per heavy atom. The molecule has 1 atom stereocenters. The lowest BCUT2D eigenvalue weighted by molar-refractivity contribution is -0.0171. The van der Waals surface area contributed by atoms with Crippen molar-refractivity contribution < 1.29 is 5.11 Å². The highest BCUT2D eigenvalue weighted by Gasteiger charge is 2.45. The zero-order valence-corrected chi connectivity index (χ0v) is 12.8. The summed E-state index contributed by atoms with van der Waals surface area (Å²) in [5.41, 5.74) is 1.18. The summed E-state index contributed by atoms with van der Waals surface area (Å²) in [6.07, 6.45) is 7.81. The number of likely N-dealkylation sites (tertiary alicyclic amines) is 1. The van der Waals surface area contributed by atoms with E-state index in [1.54, 1.807) is 0 Å². The second kappa shape index (κ2) is 6.05. The predicted octanol–water partition coefficient (Wildman–Crippen LogP) is 3.65. The Kier molecular flexibility index (Phi) is 4.34. The second-order valence-corrected chi connectivity index (χ2v) is 6.79. The van der Waals surface area contributed by atoms with Gasteiger partial charge in [-0.3, -0.25) is 4.90 Å². The highest BCUT2D eigenvalue weighted by atomic mass is 35.5. The third-order valence-corrected chi connectivity index (χ3v) is 5.38. The molecule has 20 heavy (non-hydrogen) atoms. The molecular formula is C17H24ClNO. The Bertz CT molecular complexity index is 450. The summed E-state index contributed by atoms with van der Waals surface area (Å²) >= 11 is 6.06. The van der Waals surface area contributed by atoms with Crippen LogP contribution >= 0.6 is 11.6 Å². The molecule has 0 aromatic heterocycles. The maximum absolute atomic E-state index is 10.9. The molecule has 1 aromatic rings. The van der Waals surface area contributed by atoms with E-state index in [9.17, 15) is 5.11 Å². The first kappa shape index (κ1) is 14.4. The summed E-state index contributed by atoms with van der Waals surface area (Å²) in [4.78, 5) is 2.56. The molecule has 1 heterocycles. The normalized spacial score (nSPS) is 24.1. The van der Waals surface area contributed by atoms with Crippen LogP contribution in [0.1, 0.15) is 44.1 Å². The highest BCUT2D eigenvalue weighted by molar-refractivity contribution is 6.30. The van der Waals surface area contributed by atoms with Crippen molar-refractivity contribution in [1.29, 1.82) is 0 Å². The standard InChI is InChI=1S/C17H24ClNO/c18-15-7-5-6-14(12-15)13-16(20)17(8-1-2-9-17)19-10-3-4-11-19/h5-7,12,16,20H,1-4,8-11,13H2. The van der Waals surface area contributed by atoms with E-state index in [0.717, 1.165) is 42.9 Å². The number of aliphatic hydroxyl groups excluding tert-OH is 1. The van der Waals surface area contributed by atoms with Gasteiger partial charge < -0.3 is 5.11 Å². The van der Waals surface area contributed by atoms with Crippen molar-refractivity contribution in [3.8, 4) is 0 Å². The highest BCUT2D eigenvalue weighted by Crippen LogP contribution is 2.41. The average Bonchev–Trinajstić information content (AvgIpc) is 3.11. The van der Waals surface area contributed by atoms with E-state index in [2.05, 4.69) is 11.0 Å². The van der Waals surface area contributed by atoms with E-state index >= 15 is 0 Å². The minimum absolute atomic E-state index is 0.0266. The van der Waals surface area contributed by atoms with Gasteiger partial charge >= 0.3 is 0 Å². The SMILES string of the molecule is OC(Cc1cccc(Cl)c1)C1(N2CCCC2)CCCC1. The van der Waals surface area contributed by atoms with Crippen molar-refractivity contribution in [1.82, 2.24) is 4.90 Å². The zero-order valence-electron chi connectivity index (χ0n) is 12.0. The smallest absolute Gasteiger partial charge is 0.0764 e. The quantitative estimate of drug-likeness (QED) is 0.916. The van der Waals surface area contributed by atoms with Gasteiger partial charge in [-0.15, -0.1) is 0 Å². The van der Waals surface area contributed by atoms with Crippen molar-refractivity contribution in [3.05, 3.63) is 34.9 Å². The molecule has 1 saturated heterocycles. The van der Waals surface area contributed by atoms with Crippen LogP contribution in [0.4, 0.5) is 0 Å². The molecule has 0 spiro atoms. The first-order chi connectivity index (χ1) is 9.71. The molecule has 1 aliphatic heterocycles. The predicted molar refractivity (Wildman–Crippen MR) is 83.2 cm³/mol. The molecule has 110 valence electrons. The minimum atomic E-state index is -0.276. The van der Waals surface area contributed by atoms with Gasteiger partial charge in [0.15, 0.2) is 0 Å². The number of halogens is 1. The van der Waals surface area contributed by atoms with Gasteiger partial charge in [0, 0.05) is 17.0 Å². The maximum atomic E-state index is 10.9. The molecule has 3 rings (SSSR count). The molecule has 1 N–H and O–H groups in total. The Hall–Kier alpha value is -0.570. The van der Waals surface area contributed by atoms with Crippen LogP contribution in [-0.4, -0.2) is 34.7 Å². The van der Waals surface area contributed by atoms with Crippen LogP contribution in [0.3, 0.4) is 0 Å². The Morgan fingerprint density at radius 2 is 1.85 bits per heavy atom. The van der Waals surface area contributed by atoms with Crippen LogP contribution in [-0.2, 0) is 6.42 Å². The van der Waals surface area contributed by atoms with Crippen molar-refractivity contribution in [3.63, 3.8) is 0 Å². The fourth-order valence-electron chi connectivity index (χ4n) is 4.09. The Labute approximate surface area is 126 Å². The molecule has 0 radical (unpaired) electrons. The fourth-order valence-corrected chi connectivity index (χ4v) is 4.30. The average molecular weight is 294 g/mol. The summed E-state index contributed by atoms with van der Waals surface area (Å²) in [6, 6.07) is 7.92. The largest absolute Gasteiger partial charge is 0.391 e. The van der Waals surface area contributed by atoms with Crippen LogP contribution < -0.4 is 0 Å². The third kappa shape index (κ3) is 2.74. The summed E-state index contributed by atoms with van der Waals surface area (Å²) in [6.45, 7) is 2.32. The molecule has 0 amide bonds. The van der Waals surface area contributed by atoms with Crippen molar-refractivity contribution in [2.75, 3.05) is 13.1 Å². The molecule has 2 fully saturated rings. The van der Waals surface area contributed by atoms with Crippen molar-refractivity contribution >= 4 is 11.6 Å². The van der Waals surface area contributed by atoms with Gasteiger partial charge in [-0.2, -0.15) is 0 Å². The van der Waals surface area contributed by atoms with Gasteiger partial charge in [-0.05, 0) is 56.5 Å². The topological polar surface area (TPSA) is 23.5 Å². The molecule has 2 aliphatic rings. The molecule has 1 aromatic carbocycles. The Balaban J connectivity index is 1.77. The maximum Gasteiger partial charge on any atom is 0.0764 e. The zero-order chi connectivity index (χ0) is 14.0. The molecule has 3 heteroatoms. The van der Waals surface area contributed by atoms with E-state index in [0.29, 0.717) is 0 Å². The van der Waals surface area contributed by atoms with E-state index in [-0.39, 0.29) is 11.6 Å². The first-order valence-electron chi connectivity index (χ1n) is 7.88. The lowest BCUT2D eigenvalue weighted by atomic mass is 9.85. The molecular weight excluding hydrogens is 270 g/mol. The monoisotopic (exact) mass is 293 g/mol. The Morgan fingerprint density at radius 1 is 1.15 bits per heavy atom. The second-order valence-electron chi connectivity index (χ2n) is 6.35. The van der Waals surface area contributed by atoms with E-state index in [4.69, 9.17) is 11.6 Å². The number of benzene rings is 1. The van der Waals surface area contributed by atoms with Crippen LogP contribution in [0.15, 0.2) is 24.3 Å². The van der Waals surface area contributed by atoms with Gasteiger partial charge in [0.05, 0.1) is 6.10 Å². The van der Waals surface area contributed by atoms with Gasteiger partial charge in [-0.25, -0.2) is 0 Å². The minimum Gasteiger partial charge on any atom is -0.391 e. The van der Waals surface area contributed by atoms with Crippen molar-refractivity contribution in [2.24, 2.45) is 0 Å². The molecule has 2 nitrogen and oxygen atoms in total. The lowest BCUT2D eigenvalue weighted by Crippen LogP contribution is -2.54. The molecule has 1 unspecified atom stereocenters. The fraction of sp³-hybridized carbons (Fsp3) is 0.647. The van der Waals surface area contributed by atoms with E-state index < -0.39 is 0 Å². The number of nitrogens with zero attached hydrogens (tertiary/aromatic N) is 1. The first-order valence-corrected chi connectivity index (χ1v) is 8.26. The van der Waals surface area contributed by atoms with E-state index in [1.807, 2.05) is 18.2 Å². The van der Waals surface area contributed by atoms with Crippen molar-refractivity contribution in [2.45, 2.75) is 56.6 Å². The van der Waals surface area contributed by atoms with Gasteiger partial charge in [-0.1, -0.05) is 36.6 Å². The summed E-state index contributed by atoms with van der Waals surface area (Å²) in [5.74, 6) is 0.